The summed E-state index contributed by atoms with van der Waals surface area (Å²) in [6.07, 6.45) is 2.03. The number of hydrogen-bond donors (Lipinski definition) is 0. The summed E-state index contributed by atoms with van der Waals surface area (Å²) >= 11 is 0. The maximum Gasteiger partial charge on any atom is 0.167 e. The highest BCUT2D eigenvalue weighted by Crippen LogP contribution is 2.04. The van der Waals surface area contributed by atoms with Gasteiger partial charge in [-0.3, -0.25) is 4.79 Å². The SMILES string of the molecule is C=CCC(=O)c1ccccc1P. The number of hydrogen-bond acceptors (Lipinski definition) is 1. The average molecular weight is 178 g/mol. The first-order chi connectivity index (χ1) is 5.75. The lowest BCUT2D eigenvalue weighted by atomic mass is 10.1. The lowest BCUT2D eigenvalue weighted by molar-refractivity contribution is 0.0997. The topological polar surface area (TPSA) is 17.1 Å². The van der Waals surface area contributed by atoms with Crippen LogP contribution >= 0.6 is 9.24 Å². The zero-order chi connectivity index (χ0) is 8.97. The zero-order valence-electron chi connectivity index (χ0n) is 6.79. The van der Waals surface area contributed by atoms with Crippen LogP contribution in [0.3, 0.4) is 0 Å². The van der Waals surface area contributed by atoms with Crippen LogP contribution < -0.4 is 5.30 Å². The summed E-state index contributed by atoms with van der Waals surface area (Å²) in [6, 6.07) is 7.51. The molecular weight excluding hydrogens is 167 g/mol. The van der Waals surface area contributed by atoms with Crippen LogP contribution in [0.5, 0.6) is 0 Å². The maximum absolute atomic E-state index is 11.4. The molecule has 0 fully saturated rings. The molecule has 0 N–H and O–H groups in total. The van der Waals surface area contributed by atoms with Crippen molar-refractivity contribution < 1.29 is 4.79 Å². The number of Topliss-reactive ketones (excluding diaryl/α,β-unsaturated/α-hetero) is 1. The third kappa shape index (κ3) is 2.02. The highest BCUT2D eigenvalue weighted by atomic mass is 31.0. The van der Waals surface area contributed by atoms with E-state index in [1.54, 1.807) is 6.08 Å². The highest BCUT2D eigenvalue weighted by Gasteiger charge is 2.04. The second-order valence-electron chi connectivity index (χ2n) is 2.50. The first-order valence-corrected chi connectivity index (χ1v) is 4.32. The van der Waals surface area contributed by atoms with Gasteiger partial charge in [-0.1, -0.05) is 30.3 Å². The predicted octanol–water partition coefficient (Wildman–Crippen LogP) is 1.95. The third-order valence-corrected chi connectivity index (χ3v) is 2.09. The third-order valence-electron chi connectivity index (χ3n) is 1.59. The van der Waals surface area contributed by atoms with E-state index >= 15 is 0 Å². The van der Waals surface area contributed by atoms with E-state index in [0.717, 1.165) is 10.9 Å². The van der Waals surface area contributed by atoms with Gasteiger partial charge in [0.05, 0.1) is 0 Å². The molecule has 0 amide bonds. The van der Waals surface area contributed by atoms with Gasteiger partial charge in [0.1, 0.15) is 0 Å². The van der Waals surface area contributed by atoms with E-state index in [1.807, 2.05) is 24.3 Å². The summed E-state index contributed by atoms with van der Waals surface area (Å²) in [5.74, 6) is 0.121. The first-order valence-electron chi connectivity index (χ1n) is 3.74. The Labute approximate surface area is 74.7 Å². The lowest BCUT2D eigenvalue weighted by Crippen LogP contribution is -2.07. The van der Waals surface area contributed by atoms with Crippen molar-refractivity contribution in [2.75, 3.05) is 0 Å². The van der Waals surface area contributed by atoms with Crippen molar-refractivity contribution in [3.8, 4) is 0 Å². The van der Waals surface area contributed by atoms with Crippen molar-refractivity contribution in [2.45, 2.75) is 6.42 Å². The average Bonchev–Trinajstić information content (AvgIpc) is 2.05. The molecule has 1 atom stereocenters. The summed E-state index contributed by atoms with van der Waals surface area (Å²) in [6.45, 7) is 3.53. The zero-order valence-corrected chi connectivity index (χ0v) is 7.94. The van der Waals surface area contributed by atoms with Gasteiger partial charge >= 0.3 is 0 Å². The van der Waals surface area contributed by atoms with Gasteiger partial charge in [-0.25, -0.2) is 0 Å². The molecule has 62 valence electrons. The molecule has 0 saturated carbocycles. The fourth-order valence-corrected chi connectivity index (χ4v) is 1.36. The van der Waals surface area contributed by atoms with E-state index in [4.69, 9.17) is 0 Å². The Hall–Kier alpha value is -0.940. The minimum absolute atomic E-state index is 0.121. The Morgan fingerprint density at radius 1 is 1.50 bits per heavy atom. The van der Waals surface area contributed by atoms with Crippen LogP contribution in [0.1, 0.15) is 16.8 Å². The van der Waals surface area contributed by atoms with Crippen LogP contribution in [-0.4, -0.2) is 5.78 Å². The van der Waals surface area contributed by atoms with Gasteiger partial charge < -0.3 is 0 Å². The van der Waals surface area contributed by atoms with Crippen molar-refractivity contribution in [3.05, 3.63) is 42.5 Å². The number of benzene rings is 1. The fraction of sp³-hybridized carbons (Fsp3) is 0.100. The second kappa shape index (κ2) is 4.18. The molecular formula is C10H11OP. The number of rotatable bonds is 3. The van der Waals surface area contributed by atoms with E-state index in [1.165, 1.54) is 0 Å². The van der Waals surface area contributed by atoms with Crippen molar-refractivity contribution in [1.29, 1.82) is 0 Å². The summed E-state index contributed by atoms with van der Waals surface area (Å²) in [5.41, 5.74) is 0.766. The number of ketones is 1. The molecule has 0 spiro atoms. The minimum Gasteiger partial charge on any atom is -0.294 e. The van der Waals surface area contributed by atoms with Gasteiger partial charge in [0.2, 0.25) is 0 Å². The second-order valence-corrected chi connectivity index (χ2v) is 3.13. The molecule has 0 aliphatic rings. The molecule has 0 radical (unpaired) electrons. The lowest BCUT2D eigenvalue weighted by Gasteiger charge is -2.00. The molecule has 1 nitrogen and oxygen atoms in total. The molecule has 1 rings (SSSR count). The Morgan fingerprint density at radius 2 is 2.17 bits per heavy atom. The Morgan fingerprint density at radius 3 is 2.75 bits per heavy atom. The Kier molecular flexibility index (Phi) is 3.19. The van der Waals surface area contributed by atoms with E-state index in [9.17, 15) is 4.79 Å². The Bertz CT molecular complexity index is 304. The fourth-order valence-electron chi connectivity index (χ4n) is 0.992. The van der Waals surface area contributed by atoms with Gasteiger partial charge in [-0.15, -0.1) is 15.8 Å². The van der Waals surface area contributed by atoms with Gasteiger partial charge in [0, 0.05) is 12.0 Å². The summed E-state index contributed by atoms with van der Waals surface area (Å²) in [4.78, 5) is 11.4. The van der Waals surface area contributed by atoms with Crippen molar-refractivity contribution in [1.82, 2.24) is 0 Å². The van der Waals surface area contributed by atoms with Crippen molar-refractivity contribution >= 4 is 20.3 Å². The van der Waals surface area contributed by atoms with Crippen LogP contribution in [-0.2, 0) is 0 Å². The van der Waals surface area contributed by atoms with Gasteiger partial charge in [0.25, 0.3) is 0 Å². The standard InChI is InChI=1S/C10H11OP/c1-2-5-9(11)8-6-3-4-7-10(8)12/h2-4,6-7H,1,5,12H2. The largest absolute Gasteiger partial charge is 0.294 e. The van der Waals surface area contributed by atoms with Crippen LogP contribution in [0.2, 0.25) is 0 Å². The monoisotopic (exact) mass is 178 g/mol. The van der Waals surface area contributed by atoms with Crippen LogP contribution in [0.4, 0.5) is 0 Å². The number of carbonyl (C=O) groups is 1. The number of allylic oxidation sites excluding steroid dienone is 1. The molecule has 0 aromatic heterocycles. The first kappa shape index (κ1) is 9.15. The molecule has 2 heteroatoms. The minimum atomic E-state index is 0.121. The molecule has 0 aliphatic carbocycles. The predicted molar refractivity (Wildman–Crippen MR) is 54.9 cm³/mol. The van der Waals surface area contributed by atoms with Crippen molar-refractivity contribution in [3.63, 3.8) is 0 Å². The van der Waals surface area contributed by atoms with Gasteiger partial charge in [-0.2, -0.15) is 0 Å². The van der Waals surface area contributed by atoms with Crippen LogP contribution in [0, 0.1) is 0 Å². The maximum atomic E-state index is 11.4. The van der Waals surface area contributed by atoms with E-state index in [0.29, 0.717) is 6.42 Å². The summed E-state index contributed by atoms with van der Waals surface area (Å²) in [7, 11) is 2.55. The van der Waals surface area contributed by atoms with E-state index in [-0.39, 0.29) is 5.78 Å². The molecule has 0 bridgehead atoms. The molecule has 12 heavy (non-hydrogen) atoms. The molecule has 1 aromatic carbocycles. The van der Waals surface area contributed by atoms with Gasteiger partial charge in [0.15, 0.2) is 5.78 Å². The summed E-state index contributed by atoms with van der Waals surface area (Å²) in [5, 5.41) is 0.948. The normalized spacial score (nSPS) is 9.42. The van der Waals surface area contributed by atoms with Gasteiger partial charge in [-0.05, 0) is 5.30 Å². The van der Waals surface area contributed by atoms with Crippen molar-refractivity contribution in [2.24, 2.45) is 0 Å². The quantitative estimate of drug-likeness (QED) is 0.392. The van der Waals surface area contributed by atoms with Crippen LogP contribution in [0.15, 0.2) is 36.9 Å². The highest BCUT2D eigenvalue weighted by molar-refractivity contribution is 7.27. The smallest absolute Gasteiger partial charge is 0.167 e. The molecule has 0 saturated heterocycles. The molecule has 0 aliphatic heterocycles. The van der Waals surface area contributed by atoms with Crippen LogP contribution in [0.25, 0.3) is 0 Å². The molecule has 1 aromatic rings. The number of carbonyl (C=O) groups excluding carboxylic acids is 1. The Balaban J connectivity index is 2.94. The molecule has 0 heterocycles. The van der Waals surface area contributed by atoms with E-state index in [2.05, 4.69) is 15.8 Å². The molecule has 1 unspecified atom stereocenters. The summed E-state index contributed by atoms with van der Waals surface area (Å²) < 4.78 is 0. The van der Waals surface area contributed by atoms with E-state index < -0.39 is 0 Å².